The maximum absolute atomic E-state index is 13.5. The van der Waals surface area contributed by atoms with E-state index in [-0.39, 0.29) is 17.8 Å². The number of aromatic amines is 1. The first-order chi connectivity index (χ1) is 13.7. The summed E-state index contributed by atoms with van der Waals surface area (Å²) in [5.41, 5.74) is 4.70. The van der Waals surface area contributed by atoms with Gasteiger partial charge < -0.3 is 9.88 Å². The van der Waals surface area contributed by atoms with Crippen LogP contribution in [0.2, 0.25) is 0 Å². The molecule has 1 amide bonds. The van der Waals surface area contributed by atoms with E-state index in [1.807, 2.05) is 23.1 Å². The molecule has 1 aliphatic heterocycles. The summed E-state index contributed by atoms with van der Waals surface area (Å²) in [6, 6.07) is 17.8. The Kier molecular flexibility index (Phi) is 3.93. The number of pyridine rings is 1. The fourth-order valence-electron chi connectivity index (χ4n) is 4.11. The molecule has 0 saturated heterocycles. The molecule has 5 rings (SSSR count). The van der Waals surface area contributed by atoms with Gasteiger partial charge in [0.15, 0.2) is 0 Å². The number of amides is 1. The Labute approximate surface area is 161 Å². The van der Waals surface area contributed by atoms with Crippen molar-refractivity contribution in [2.24, 2.45) is 0 Å². The minimum atomic E-state index is -0.301. The smallest absolute Gasteiger partial charge is 0.256 e. The number of para-hydroxylation sites is 1. The number of hydrogen-bond donors (Lipinski definition) is 1. The van der Waals surface area contributed by atoms with Crippen molar-refractivity contribution in [1.29, 1.82) is 0 Å². The third kappa shape index (κ3) is 2.67. The van der Waals surface area contributed by atoms with Crippen LogP contribution in [0.15, 0.2) is 73.1 Å². The number of hydrogen-bond acceptors (Lipinski definition) is 2. The molecule has 28 heavy (non-hydrogen) atoms. The number of carbonyl (C=O) groups excluding carboxylic acids is 1. The fraction of sp³-hybridized carbons (Fsp3) is 0.130. The normalized spacial score (nSPS) is 16.2. The number of carbonyl (C=O) groups is 1. The standard InChI is InChI=1S/C23H18FN3O/c24-17-9-7-15(8-10-17)22-21-19(18-5-1-2-6-20(18)26-21)11-13-27(22)23(28)16-4-3-12-25-14-16/h1-10,12,14,22,26H,11,13H2/t22-/m0/s1. The predicted octanol–water partition coefficient (Wildman–Crippen LogP) is 4.49. The Morgan fingerprint density at radius 2 is 1.89 bits per heavy atom. The average molecular weight is 371 g/mol. The van der Waals surface area contributed by atoms with Gasteiger partial charge in [0.2, 0.25) is 0 Å². The number of nitrogens with zero attached hydrogens (tertiary/aromatic N) is 2. The summed E-state index contributed by atoms with van der Waals surface area (Å²) in [6.45, 7) is 0.588. The molecule has 0 aliphatic carbocycles. The van der Waals surface area contributed by atoms with Gasteiger partial charge in [0.05, 0.1) is 11.6 Å². The van der Waals surface area contributed by atoms with Gasteiger partial charge in [0.1, 0.15) is 5.82 Å². The molecule has 1 N–H and O–H groups in total. The summed E-state index contributed by atoms with van der Waals surface area (Å²) in [7, 11) is 0. The van der Waals surface area contributed by atoms with Crippen LogP contribution in [0, 0.1) is 5.82 Å². The molecule has 0 fully saturated rings. The highest BCUT2D eigenvalue weighted by Crippen LogP contribution is 2.39. The number of H-pyrrole nitrogens is 1. The molecule has 2 aromatic carbocycles. The highest BCUT2D eigenvalue weighted by atomic mass is 19.1. The van der Waals surface area contributed by atoms with E-state index in [2.05, 4.69) is 16.0 Å². The van der Waals surface area contributed by atoms with E-state index in [9.17, 15) is 9.18 Å². The van der Waals surface area contributed by atoms with Gasteiger partial charge in [-0.1, -0.05) is 30.3 Å². The third-order valence-electron chi connectivity index (χ3n) is 5.39. The van der Waals surface area contributed by atoms with Crippen LogP contribution in [0.5, 0.6) is 0 Å². The first-order valence-corrected chi connectivity index (χ1v) is 9.28. The zero-order valence-electron chi connectivity index (χ0n) is 15.1. The Bertz CT molecular complexity index is 1150. The molecule has 1 aliphatic rings. The zero-order chi connectivity index (χ0) is 19.1. The van der Waals surface area contributed by atoms with Crippen LogP contribution >= 0.6 is 0 Å². The zero-order valence-corrected chi connectivity index (χ0v) is 15.1. The van der Waals surface area contributed by atoms with Crippen molar-refractivity contribution in [2.45, 2.75) is 12.5 Å². The second-order valence-electron chi connectivity index (χ2n) is 7.01. The number of rotatable bonds is 2. The monoisotopic (exact) mass is 371 g/mol. The van der Waals surface area contributed by atoms with Crippen molar-refractivity contribution >= 4 is 16.8 Å². The lowest BCUT2D eigenvalue weighted by Crippen LogP contribution is -2.40. The number of benzene rings is 2. The van der Waals surface area contributed by atoms with E-state index in [0.717, 1.165) is 23.2 Å². The molecule has 0 unspecified atom stereocenters. The van der Waals surface area contributed by atoms with Gasteiger partial charge in [-0.15, -0.1) is 0 Å². The van der Waals surface area contributed by atoms with Gasteiger partial charge in [-0.2, -0.15) is 0 Å². The number of aromatic nitrogens is 2. The average Bonchev–Trinajstić information content (AvgIpc) is 3.13. The van der Waals surface area contributed by atoms with Gasteiger partial charge in [0, 0.05) is 35.5 Å². The molecule has 138 valence electrons. The van der Waals surface area contributed by atoms with Crippen LogP contribution in [0.1, 0.15) is 33.2 Å². The summed E-state index contributed by atoms with van der Waals surface area (Å²) < 4.78 is 13.5. The van der Waals surface area contributed by atoms with E-state index in [1.54, 1.807) is 36.7 Å². The van der Waals surface area contributed by atoms with Crippen molar-refractivity contribution in [1.82, 2.24) is 14.9 Å². The van der Waals surface area contributed by atoms with E-state index in [0.29, 0.717) is 12.1 Å². The maximum atomic E-state index is 13.5. The van der Waals surface area contributed by atoms with Gasteiger partial charge >= 0.3 is 0 Å². The first kappa shape index (κ1) is 16.7. The van der Waals surface area contributed by atoms with Gasteiger partial charge in [-0.05, 0) is 47.9 Å². The number of nitrogens with one attached hydrogen (secondary N) is 1. The molecule has 5 heteroatoms. The quantitative estimate of drug-likeness (QED) is 0.564. The van der Waals surface area contributed by atoms with Crippen LogP contribution in [0.3, 0.4) is 0 Å². The van der Waals surface area contributed by atoms with Gasteiger partial charge in [-0.3, -0.25) is 9.78 Å². The molecule has 0 bridgehead atoms. The molecular weight excluding hydrogens is 353 g/mol. The van der Waals surface area contributed by atoms with Crippen molar-refractivity contribution < 1.29 is 9.18 Å². The molecular formula is C23H18FN3O. The lowest BCUT2D eigenvalue weighted by atomic mass is 9.92. The Morgan fingerprint density at radius 3 is 2.68 bits per heavy atom. The second kappa shape index (κ2) is 6.60. The summed E-state index contributed by atoms with van der Waals surface area (Å²) in [5.74, 6) is -0.367. The summed E-state index contributed by atoms with van der Waals surface area (Å²) in [5, 5.41) is 1.18. The Balaban J connectivity index is 1.67. The highest BCUT2D eigenvalue weighted by molar-refractivity contribution is 5.95. The molecule has 3 heterocycles. The SMILES string of the molecule is O=C(c1cccnc1)N1CCc2c([nH]c3ccccc23)[C@@H]1c1ccc(F)cc1. The number of halogens is 1. The van der Waals surface area contributed by atoms with Gasteiger partial charge in [-0.25, -0.2) is 4.39 Å². The van der Waals surface area contributed by atoms with E-state index < -0.39 is 0 Å². The van der Waals surface area contributed by atoms with E-state index >= 15 is 0 Å². The third-order valence-corrected chi connectivity index (χ3v) is 5.39. The molecule has 4 aromatic rings. The molecule has 0 spiro atoms. The van der Waals surface area contributed by atoms with Crippen molar-refractivity contribution in [3.05, 3.63) is 101 Å². The summed E-state index contributed by atoms with van der Waals surface area (Å²) >= 11 is 0. The topological polar surface area (TPSA) is 49.0 Å². The molecule has 1 atom stereocenters. The minimum Gasteiger partial charge on any atom is -0.356 e. The Morgan fingerprint density at radius 1 is 1.07 bits per heavy atom. The Hall–Kier alpha value is -3.47. The molecule has 4 nitrogen and oxygen atoms in total. The molecule has 0 saturated carbocycles. The van der Waals surface area contributed by atoms with E-state index in [4.69, 9.17) is 0 Å². The summed E-state index contributed by atoms with van der Waals surface area (Å²) in [6.07, 6.45) is 4.01. The fourth-order valence-corrected chi connectivity index (χ4v) is 4.11. The first-order valence-electron chi connectivity index (χ1n) is 9.28. The van der Waals surface area contributed by atoms with Crippen LogP contribution < -0.4 is 0 Å². The van der Waals surface area contributed by atoms with Crippen LogP contribution in [0.4, 0.5) is 4.39 Å². The lowest BCUT2D eigenvalue weighted by molar-refractivity contribution is 0.0691. The second-order valence-corrected chi connectivity index (χ2v) is 7.01. The highest BCUT2D eigenvalue weighted by Gasteiger charge is 2.34. The van der Waals surface area contributed by atoms with Crippen LogP contribution in [0.25, 0.3) is 10.9 Å². The molecule has 0 radical (unpaired) electrons. The largest absolute Gasteiger partial charge is 0.356 e. The van der Waals surface area contributed by atoms with Crippen molar-refractivity contribution in [2.75, 3.05) is 6.54 Å². The minimum absolute atomic E-state index is 0.0771. The van der Waals surface area contributed by atoms with E-state index in [1.165, 1.54) is 23.1 Å². The lowest BCUT2D eigenvalue weighted by Gasteiger charge is -2.36. The maximum Gasteiger partial charge on any atom is 0.256 e. The summed E-state index contributed by atoms with van der Waals surface area (Å²) in [4.78, 5) is 22.7. The van der Waals surface area contributed by atoms with Crippen molar-refractivity contribution in [3.8, 4) is 0 Å². The molecule has 2 aromatic heterocycles. The van der Waals surface area contributed by atoms with Crippen LogP contribution in [-0.4, -0.2) is 27.3 Å². The predicted molar refractivity (Wildman–Crippen MR) is 106 cm³/mol. The van der Waals surface area contributed by atoms with Gasteiger partial charge in [0.25, 0.3) is 5.91 Å². The van der Waals surface area contributed by atoms with Crippen molar-refractivity contribution in [3.63, 3.8) is 0 Å². The number of fused-ring (bicyclic) bond motifs is 3. The van der Waals surface area contributed by atoms with Crippen LogP contribution in [-0.2, 0) is 6.42 Å².